The lowest BCUT2D eigenvalue weighted by atomic mass is 10.1. The lowest BCUT2D eigenvalue weighted by Crippen LogP contribution is -1.97. The number of methoxy groups -OCH3 is 1. The zero-order valence-corrected chi connectivity index (χ0v) is 19.6. The normalized spacial score (nSPS) is 12.0. The van der Waals surface area contributed by atoms with Gasteiger partial charge in [0, 0.05) is 41.6 Å². The van der Waals surface area contributed by atoms with Crippen LogP contribution in [0.4, 0.5) is 0 Å². The molecule has 5 rings (SSSR count). The van der Waals surface area contributed by atoms with E-state index < -0.39 is 9.84 Å². The highest BCUT2D eigenvalue weighted by atomic mass is 32.2. The number of hydrogen-bond acceptors (Lipinski definition) is 8. The van der Waals surface area contributed by atoms with E-state index in [1.165, 1.54) is 18.4 Å². The van der Waals surface area contributed by atoms with Gasteiger partial charge in [0.25, 0.3) is 5.89 Å². The number of H-pyrrole nitrogens is 1. The van der Waals surface area contributed by atoms with E-state index in [-0.39, 0.29) is 4.90 Å². The van der Waals surface area contributed by atoms with Gasteiger partial charge in [-0.15, -0.1) is 0 Å². The molecule has 1 N–H and O–H groups in total. The van der Waals surface area contributed by atoms with Gasteiger partial charge in [-0.05, 0) is 42.5 Å². The number of aromatic amines is 1. The van der Waals surface area contributed by atoms with Gasteiger partial charge in [0.1, 0.15) is 17.2 Å². The fourth-order valence-corrected chi connectivity index (χ4v) is 4.49. The van der Waals surface area contributed by atoms with Crippen molar-refractivity contribution >= 4 is 31.6 Å². The van der Waals surface area contributed by atoms with E-state index in [4.69, 9.17) is 14.0 Å². The number of hydrogen-bond donors (Lipinski definition) is 1. The van der Waals surface area contributed by atoms with Crippen LogP contribution >= 0.6 is 0 Å². The number of benzene rings is 2. The SMILES string of the molecule is CCc1noc(-c2ncc3[nH]c4ccc(Oc5ccc(S(C)(=O)=O)cc5)cc4c3c2COC)n1. The summed E-state index contributed by atoms with van der Waals surface area (Å²) in [5, 5.41) is 5.84. The highest BCUT2D eigenvalue weighted by molar-refractivity contribution is 7.90. The summed E-state index contributed by atoms with van der Waals surface area (Å²) in [6, 6.07) is 12.0. The van der Waals surface area contributed by atoms with E-state index >= 15 is 0 Å². The van der Waals surface area contributed by atoms with Gasteiger partial charge in [0.15, 0.2) is 15.7 Å². The Morgan fingerprint density at radius 2 is 1.82 bits per heavy atom. The first-order chi connectivity index (χ1) is 16.4. The number of fused-ring (bicyclic) bond motifs is 3. The van der Waals surface area contributed by atoms with Gasteiger partial charge >= 0.3 is 0 Å². The molecule has 9 nitrogen and oxygen atoms in total. The van der Waals surface area contributed by atoms with Crippen molar-refractivity contribution in [1.29, 1.82) is 0 Å². The van der Waals surface area contributed by atoms with Crippen molar-refractivity contribution in [2.24, 2.45) is 0 Å². The van der Waals surface area contributed by atoms with Crippen molar-refractivity contribution in [1.82, 2.24) is 20.1 Å². The van der Waals surface area contributed by atoms with E-state index in [1.807, 2.05) is 25.1 Å². The zero-order chi connectivity index (χ0) is 23.9. The van der Waals surface area contributed by atoms with E-state index in [1.54, 1.807) is 25.4 Å². The molecule has 0 aliphatic heterocycles. The maximum Gasteiger partial charge on any atom is 0.276 e. The Morgan fingerprint density at radius 1 is 1.06 bits per heavy atom. The Balaban J connectivity index is 1.60. The lowest BCUT2D eigenvalue weighted by molar-refractivity contribution is 0.186. The van der Waals surface area contributed by atoms with Crippen molar-refractivity contribution < 1.29 is 22.4 Å². The fraction of sp³-hybridized carbons (Fsp3) is 0.208. The minimum atomic E-state index is -3.27. The van der Waals surface area contributed by atoms with Crippen LogP contribution in [0.15, 0.2) is 58.1 Å². The van der Waals surface area contributed by atoms with Crippen molar-refractivity contribution in [3.63, 3.8) is 0 Å². The molecule has 0 radical (unpaired) electrons. The Labute approximate surface area is 195 Å². The first kappa shape index (κ1) is 22.1. The summed E-state index contributed by atoms with van der Waals surface area (Å²) in [5.41, 5.74) is 3.15. The number of aromatic nitrogens is 4. The third kappa shape index (κ3) is 4.02. The first-order valence-corrected chi connectivity index (χ1v) is 12.5. The maximum atomic E-state index is 11.7. The molecule has 0 aliphatic carbocycles. The molecule has 0 spiro atoms. The van der Waals surface area contributed by atoms with Crippen LogP contribution in [0.2, 0.25) is 0 Å². The van der Waals surface area contributed by atoms with Gasteiger partial charge in [0.2, 0.25) is 0 Å². The van der Waals surface area contributed by atoms with Crippen molar-refractivity contribution in [2.45, 2.75) is 24.8 Å². The molecule has 0 amide bonds. The third-order valence-electron chi connectivity index (χ3n) is 5.47. The fourth-order valence-electron chi connectivity index (χ4n) is 3.86. The average molecular weight is 479 g/mol. The average Bonchev–Trinajstić information content (AvgIpc) is 3.44. The van der Waals surface area contributed by atoms with Crippen LogP contribution in [0, 0.1) is 0 Å². The molecule has 0 bridgehead atoms. The Hall–Kier alpha value is -3.76. The van der Waals surface area contributed by atoms with Crippen LogP contribution in [0.3, 0.4) is 0 Å². The molecular formula is C24H22N4O5S. The van der Waals surface area contributed by atoms with E-state index in [9.17, 15) is 8.42 Å². The predicted molar refractivity (Wildman–Crippen MR) is 127 cm³/mol. The summed E-state index contributed by atoms with van der Waals surface area (Å²) < 4.78 is 40.3. The van der Waals surface area contributed by atoms with Crippen molar-refractivity contribution in [3.05, 3.63) is 60.0 Å². The summed E-state index contributed by atoms with van der Waals surface area (Å²) in [4.78, 5) is 12.6. The zero-order valence-electron chi connectivity index (χ0n) is 18.8. The van der Waals surface area contributed by atoms with Gasteiger partial charge in [-0.1, -0.05) is 12.1 Å². The third-order valence-corrected chi connectivity index (χ3v) is 6.60. The second-order valence-corrected chi connectivity index (χ2v) is 9.87. The minimum absolute atomic E-state index is 0.239. The van der Waals surface area contributed by atoms with Crippen LogP contribution in [-0.4, -0.2) is 41.9 Å². The molecule has 3 aromatic heterocycles. The number of sulfone groups is 1. The maximum absolute atomic E-state index is 11.7. The molecule has 3 heterocycles. The summed E-state index contributed by atoms with van der Waals surface area (Å²) in [6.07, 6.45) is 3.57. The lowest BCUT2D eigenvalue weighted by Gasteiger charge is -2.08. The Bertz CT molecular complexity index is 1600. The molecular weight excluding hydrogens is 456 g/mol. The number of aryl methyl sites for hydroxylation is 1. The molecule has 0 saturated carbocycles. The van der Waals surface area contributed by atoms with Crippen LogP contribution in [0.5, 0.6) is 11.5 Å². The summed E-state index contributed by atoms with van der Waals surface area (Å²) in [6.45, 7) is 2.26. The van der Waals surface area contributed by atoms with Crippen LogP contribution in [-0.2, 0) is 27.6 Å². The quantitative estimate of drug-likeness (QED) is 0.358. The molecule has 10 heteroatoms. The van der Waals surface area contributed by atoms with Crippen LogP contribution < -0.4 is 4.74 Å². The molecule has 0 atom stereocenters. The number of pyridine rings is 1. The van der Waals surface area contributed by atoms with Gasteiger partial charge in [-0.2, -0.15) is 4.98 Å². The second-order valence-electron chi connectivity index (χ2n) is 7.85. The molecule has 5 aromatic rings. The molecule has 2 aromatic carbocycles. The van der Waals surface area contributed by atoms with E-state index in [2.05, 4.69) is 20.1 Å². The molecule has 174 valence electrons. The second kappa shape index (κ2) is 8.54. The monoisotopic (exact) mass is 478 g/mol. The van der Waals surface area contributed by atoms with E-state index in [0.29, 0.717) is 41.9 Å². The summed E-state index contributed by atoms with van der Waals surface area (Å²) in [7, 11) is -1.65. The number of nitrogens with zero attached hydrogens (tertiary/aromatic N) is 3. The van der Waals surface area contributed by atoms with Gasteiger partial charge in [-0.25, -0.2) is 13.4 Å². The highest BCUT2D eigenvalue weighted by Crippen LogP contribution is 2.36. The minimum Gasteiger partial charge on any atom is -0.457 e. The number of ether oxygens (including phenoxy) is 2. The predicted octanol–water partition coefficient (Wildman–Crippen LogP) is 4.67. The van der Waals surface area contributed by atoms with Crippen molar-refractivity contribution in [3.8, 4) is 23.1 Å². The smallest absolute Gasteiger partial charge is 0.276 e. The van der Waals surface area contributed by atoms with Gasteiger partial charge < -0.3 is 19.0 Å². The topological polar surface area (TPSA) is 120 Å². The standard InChI is InChI=1S/C24H22N4O5S/c1-4-21-27-24(33-28-21)23-18(13-31-2)22-17-11-15(7-10-19(17)26-20(22)12-25-23)32-14-5-8-16(9-6-14)34(3,29)30/h5-12,26H,4,13H2,1-3H3. The van der Waals surface area contributed by atoms with Crippen molar-refractivity contribution in [2.75, 3.05) is 13.4 Å². The molecule has 0 fully saturated rings. The highest BCUT2D eigenvalue weighted by Gasteiger charge is 2.20. The Kier molecular flexibility index (Phi) is 5.54. The largest absolute Gasteiger partial charge is 0.457 e. The first-order valence-electron chi connectivity index (χ1n) is 10.6. The van der Waals surface area contributed by atoms with E-state index in [0.717, 1.165) is 27.4 Å². The Morgan fingerprint density at radius 3 is 2.50 bits per heavy atom. The summed E-state index contributed by atoms with van der Waals surface area (Å²) in [5.74, 6) is 2.09. The van der Waals surface area contributed by atoms with Gasteiger partial charge in [0.05, 0.1) is 23.2 Å². The van der Waals surface area contributed by atoms with Crippen LogP contribution in [0.1, 0.15) is 18.3 Å². The molecule has 0 unspecified atom stereocenters. The summed E-state index contributed by atoms with van der Waals surface area (Å²) >= 11 is 0. The van der Waals surface area contributed by atoms with Gasteiger partial charge in [-0.3, -0.25) is 0 Å². The molecule has 0 aliphatic rings. The number of nitrogens with one attached hydrogen (secondary N) is 1. The molecule has 34 heavy (non-hydrogen) atoms. The molecule has 0 saturated heterocycles. The van der Waals surface area contributed by atoms with Crippen LogP contribution in [0.25, 0.3) is 33.4 Å². The number of rotatable bonds is 7.